The molecule has 3 atom stereocenters. The number of carbonyl (C=O) groups is 1. The molecule has 1 fully saturated rings. The van der Waals surface area contributed by atoms with Gasteiger partial charge in [0.25, 0.3) is 10.1 Å². The third kappa shape index (κ3) is 19.1. The van der Waals surface area contributed by atoms with Crippen molar-refractivity contribution < 1.29 is 32.7 Å². The summed E-state index contributed by atoms with van der Waals surface area (Å²) in [5.41, 5.74) is 19.1. The van der Waals surface area contributed by atoms with Gasteiger partial charge in [-0.15, -0.1) is 0 Å². The van der Waals surface area contributed by atoms with Gasteiger partial charge in [-0.2, -0.15) is 8.42 Å². The number of nitrogens with two attached hydrogens (primary N) is 1. The summed E-state index contributed by atoms with van der Waals surface area (Å²) in [6.45, 7) is 2.63. The first-order chi connectivity index (χ1) is 39.0. The minimum absolute atomic E-state index is 0.0214. The van der Waals surface area contributed by atoms with Gasteiger partial charge < -0.3 is 20.7 Å². The molecule has 0 amide bonds. The van der Waals surface area contributed by atoms with Crippen molar-refractivity contribution in [3.05, 3.63) is 313 Å². The van der Waals surface area contributed by atoms with Crippen molar-refractivity contribution in [2.24, 2.45) is 10.8 Å². The van der Waals surface area contributed by atoms with E-state index < -0.39 is 21.3 Å². The van der Waals surface area contributed by atoms with Crippen LogP contribution in [0.4, 0.5) is 0 Å². The molecule has 9 aromatic rings. The number of aliphatic hydroxyl groups is 2. The molecular formula is C62H50Cl4I4N4O7S. The number of carbonyl (C=O) groups excluding carboxylic acids is 1. The van der Waals surface area contributed by atoms with E-state index in [0.29, 0.717) is 37.3 Å². The Morgan fingerprint density at radius 3 is 1.18 bits per heavy atom. The summed E-state index contributed by atoms with van der Waals surface area (Å²) in [6.07, 6.45) is 0. The van der Waals surface area contributed by atoms with E-state index in [9.17, 15) is 23.4 Å². The Morgan fingerprint density at radius 1 is 0.549 bits per heavy atom. The summed E-state index contributed by atoms with van der Waals surface area (Å²) in [5.74, 6) is 0.0214. The summed E-state index contributed by atoms with van der Waals surface area (Å²) >= 11 is 32.3. The first-order valence-corrected chi connectivity index (χ1v) is 31.7. The van der Waals surface area contributed by atoms with Crippen molar-refractivity contribution in [2.75, 3.05) is 19.7 Å². The van der Waals surface area contributed by atoms with E-state index in [1.165, 1.54) is 26.8 Å². The van der Waals surface area contributed by atoms with Crippen LogP contribution in [0.1, 0.15) is 54.9 Å². The second kappa shape index (κ2) is 31.3. The molecular weight excluding hydrogens is 1590 g/mol. The summed E-state index contributed by atoms with van der Waals surface area (Å²) in [7, 11) is -4.02. The Balaban J connectivity index is 0.000000167. The van der Waals surface area contributed by atoms with Gasteiger partial charge in [0.15, 0.2) is 5.78 Å². The molecule has 1 aliphatic heterocycles. The Labute approximate surface area is 551 Å². The molecule has 3 unspecified atom stereocenters. The first kappa shape index (κ1) is 66.9. The maximum absolute atomic E-state index is 12.0. The monoisotopic (exact) mass is 1640 g/mol. The van der Waals surface area contributed by atoms with Gasteiger partial charge in [-0.3, -0.25) is 9.35 Å². The van der Waals surface area contributed by atoms with E-state index in [0.717, 1.165) is 39.0 Å². The standard InChI is InChI=1S/C14H11ClIN3O.C14H13ClINO.C14H10ClIO.C13H8ClIO.C7H8O3S/c15-12-5-1-10(2-6-12)14(20,9-18-19-17)11-3-7-13(16)8-4-11;15-12-5-1-10(2-6-12)14(18,9-17)11-3-7-13(16)8-4-11;15-12-5-1-10(2-6-12)14(9-17-14)11-3-7-13(16)8-4-11;14-11-5-1-9(2-6-11)13(16)10-3-7-12(15)8-4-10;1-6-2-4-7(5-3-6)11(8,9)10/h1-8,20H,9H2;1-8,18H,9,17H2;1-8H,9H2;1-8H;2-5H,1H3,(H,8,9,10). The lowest BCUT2D eigenvalue weighted by atomic mass is 9.86. The maximum atomic E-state index is 12.0. The van der Waals surface area contributed by atoms with E-state index in [1.54, 1.807) is 84.9 Å². The topological polar surface area (TPSA) is 199 Å². The van der Waals surface area contributed by atoms with Gasteiger partial charge in [-0.25, -0.2) is 0 Å². The molecule has 1 aliphatic rings. The van der Waals surface area contributed by atoms with Crippen molar-refractivity contribution in [3.8, 4) is 0 Å². The van der Waals surface area contributed by atoms with Crippen molar-refractivity contribution in [2.45, 2.75) is 28.6 Å². The van der Waals surface area contributed by atoms with Crippen LogP contribution in [0.5, 0.6) is 0 Å². The molecule has 5 N–H and O–H groups in total. The largest absolute Gasteiger partial charge is 0.380 e. The lowest BCUT2D eigenvalue weighted by Gasteiger charge is -2.27. The van der Waals surface area contributed by atoms with Crippen LogP contribution >= 0.6 is 137 Å². The number of epoxide rings is 1. The highest BCUT2D eigenvalue weighted by atomic mass is 127. The molecule has 1 saturated heterocycles. The van der Waals surface area contributed by atoms with Gasteiger partial charge in [0.2, 0.25) is 0 Å². The second-order valence-electron chi connectivity index (χ2n) is 18.1. The highest BCUT2D eigenvalue weighted by Gasteiger charge is 2.48. The molecule has 20 heteroatoms. The van der Waals surface area contributed by atoms with Gasteiger partial charge in [-0.05, 0) is 270 Å². The van der Waals surface area contributed by atoms with Gasteiger partial charge in [0.05, 0.1) is 18.0 Å². The molecule has 422 valence electrons. The number of rotatable bonds is 12. The number of ether oxygens (including phenoxy) is 1. The number of nitrogens with zero attached hydrogens (tertiary/aromatic N) is 3. The molecule has 11 nitrogen and oxygen atoms in total. The van der Waals surface area contributed by atoms with Crippen LogP contribution < -0.4 is 5.73 Å². The minimum atomic E-state index is -4.02. The number of hydrogen-bond acceptors (Lipinski definition) is 8. The molecule has 0 saturated carbocycles. The third-order valence-electron chi connectivity index (χ3n) is 12.5. The minimum Gasteiger partial charge on any atom is -0.380 e. The fraction of sp³-hybridized carbons (Fsp3) is 0.113. The van der Waals surface area contributed by atoms with Crippen LogP contribution in [0.15, 0.2) is 228 Å². The van der Waals surface area contributed by atoms with Crippen molar-refractivity contribution in [3.63, 3.8) is 0 Å². The first-order valence-electron chi connectivity index (χ1n) is 24.5. The quantitative estimate of drug-likeness (QED) is 0.0176. The lowest BCUT2D eigenvalue weighted by molar-refractivity contribution is 0.0900. The molecule has 0 bridgehead atoms. The smallest absolute Gasteiger partial charge is 0.294 e. The number of benzene rings is 9. The third-order valence-corrected chi connectivity index (χ3v) is 17.3. The van der Waals surface area contributed by atoms with Gasteiger partial charge >= 0.3 is 0 Å². The van der Waals surface area contributed by atoms with Gasteiger partial charge in [0, 0.05) is 57.0 Å². The summed E-state index contributed by atoms with van der Waals surface area (Å²) in [5, 5.41) is 27.9. The average Bonchev–Trinajstić information content (AvgIpc) is 4.34. The van der Waals surface area contributed by atoms with E-state index in [1.807, 2.05) is 104 Å². The van der Waals surface area contributed by atoms with Crippen LogP contribution in [0.3, 0.4) is 0 Å². The number of azide groups is 1. The van der Waals surface area contributed by atoms with Crippen LogP contribution in [0, 0.1) is 21.2 Å². The average molecular weight is 1640 g/mol. The molecule has 82 heavy (non-hydrogen) atoms. The highest BCUT2D eigenvalue weighted by Crippen LogP contribution is 2.45. The molecule has 0 aromatic heterocycles. The predicted octanol–water partition coefficient (Wildman–Crippen LogP) is 17.3. The number of ketones is 1. The van der Waals surface area contributed by atoms with Crippen molar-refractivity contribution in [1.29, 1.82) is 0 Å². The molecule has 0 radical (unpaired) electrons. The summed E-state index contributed by atoms with van der Waals surface area (Å²) in [6, 6.07) is 65.9. The molecule has 1 heterocycles. The zero-order valence-corrected chi connectivity index (χ0v) is 55.7. The van der Waals surface area contributed by atoms with E-state index >= 15 is 0 Å². The molecule has 9 aromatic carbocycles. The Kier molecular flexibility index (Phi) is 25.5. The fourth-order valence-corrected chi connectivity index (χ4v) is 10.3. The van der Waals surface area contributed by atoms with E-state index in [2.05, 4.69) is 125 Å². The Hall–Kier alpha value is -4.21. The van der Waals surface area contributed by atoms with Crippen LogP contribution in [0.2, 0.25) is 20.1 Å². The fourth-order valence-electron chi connectivity index (χ4n) is 7.88. The normalized spacial score (nSPS) is 14.5. The number of aryl methyl sites for hydroxylation is 1. The predicted molar refractivity (Wildman–Crippen MR) is 363 cm³/mol. The highest BCUT2D eigenvalue weighted by molar-refractivity contribution is 14.1. The van der Waals surface area contributed by atoms with E-state index in [-0.39, 0.29) is 29.4 Å². The summed E-state index contributed by atoms with van der Waals surface area (Å²) in [4.78, 5) is 14.7. The summed E-state index contributed by atoms with van der Waals surface area (Å²) < 4.78 is 39.8. The van der Waals surface area contributed by atoms with Crippen LogP contribution in [0.25, 0.3) is 10.4 Å². The SMILES string of the molecule is Cc1ccc(S(=O)(=O)O)cc1.Clc1ccc(C2(c3ccc(I)cc3)CO2)cc1.NCC(O)(c1ccc(Cl)cc1)c1ccc(I)cc1.O=C(c1ccc(Cl)cc1)c1ccc(I)cc1.[N-]=[N+]=NCC(O)(c1ccc(Cl)cc1)c1ccc(I)cc1. The van der Waals surface area contributed by atoms with Crippen molar-refractivity contribution >= 4 is 153 Å². The second-order valence-corrected chi connectivity index (χ2v) is 26.3. The van der Waals surface area contributed by atoms with Gasteiger partial charge in [0.1, 0.15) is 16.8 Å². The Bertz CT molecular complexity index is 3490. The number of halogens is 8. The molecule has 10 rings (SSSR count). The van der Waals surface area contributed by atoms with E-state index in [4.69, 9.17) is 67.0 Å². The zero-order valence-electron chi connectivity index (χ0n) is 43.2. The van der Waals surface area contributed by atoms with Crippen LogP contribution in [-0.2, 0) is 31.7 Å². The Morgan fingerprint density at radius 2 is 0.841 bits per heavy atom. The molecule has 0 spiro atoms. The zero-order chi connectivity index (χ0) is 59.7. The number of hydrogen-bond donors (Lipinski definition) is 4. The van der Waals surface area contributed by atoms with Gasteiger partial charge in [-0.1, -0.05) is 142 Å². The molecule has 0 aliphatic carbocycles. The maximum Gasteiger partial charge on any atom is 0.294 e. The van der Waals surface area contributed by atoms with Crippen molar-refractivity contribution in [1.82, 2.24) is 0 Å². The van der Waals surface area contributed by atoms with Crippen LogP contribution in [-0.4, -0.2) is 48.7 Å². The lowest BCUT2D eigenvalue weighted by Crippen LogP contribution is -2.36.